The third-order valence-corrected chi connectivity index (χ3v) is 19.7. The van der Waals surface area contributed by atoms with Gasteiger partial charge in [-0.1, -0.05) is 77.8 Å². The first kappa shape index (κ1) is 40.6. The fraction of sp³-hybridized carbons (Fsp3) is 0.638. The van der Waals surface area contributed by atoms with Gasteiger partial charge in [-0.25, -0.2) is 4.79 Å². The second-order valence-corrected chi connectivity index (χ2v) is 25.4. The molecule has 3 unspecified atom stereocenters. The molecule has 3 fully saturated rings. The van der Waals surface area contributed by atoms with E-state index in [4.69, 9.17) is 19.4 Å². The maximum Gasteiger partial charge on any atom is 0.410 e. The van der Waals surface area contributed by atoms with E-state index in [-0.39, 0.29) is 23.6 Å². The Balaban J connectivity index is 1.23. The van der Waals surface area contributed by atoms with Crippen molar-refractivity contribution in [3.8, 4) is 17.5 Å². The Morgan fingerprint density at radius 2 is 1.59 bits per heavy atom. The van der Waals surface area contributed by atoms with Crippen LogP contribution in [0.3, 0.4) is 0 Å². The molecule has 3 atom stereocenters. The highest BCUT2D eigenvalue weighted by atomic mass is 28.3. The van der Waals surface area contributed by atoms with Crippen LogP contribution in [-0.4, -0.2) is 92.0 Å². The lowest BCUT2D eigenvalue weighted by Crippen LogP contribution is -2.57. The summed E-state index contributed by atoms with van der Waals surface area (Å²) in [7, 11) is 2.37. The highest BCUT2D eigenvalue weighted by molar-refractivity contribution is 6.90. The molecule has 2 bridgehead atoms. The van der Waals surface area contributed by atoms with Gasteiger partial charge in [-0.15, -0.1) is 5.54 Å². The molecule has 0 radical (unpaired) electrons. The van der Waals surface area contributed by atoms with E-state index in [1.807, 2.05) is 25.7 Å². The second-order valence-electron chi connectivity index (χ2n) is 19.8. The van der Waals surface area contributed by atoms with Gasteiger partial charge < -0.3 is 19.3 Å². The van der Waals surface area contributed by atoms with Crippen molar-refractivity contribution in [2.75, 3.05) is 45.2 Å². The van der Waals surface area contributed by atoms with E-state index in [1.165, 1.54) is 34.7 Å². The molecule has 4 aliphatic rings. The highest BCUT2D eigenvalue weighted by Crippen LogP contribution is 2.47. The Morgan fingerprint density at radius 1 is 0.946 bits per heavy atom. The van der Waals surface area contributed by atoms with Crippen LogP contribution in [0.4, 0.5) is 10.6 Å². The molecule has 1 amide bonds. The summed E-state index contributed by atoms with van der Waals surface area (Å²) in [5, 5.41) is 2.56. The van der Waals surface area contributed by atoms with Crippen molar-refractivity contribution in [1.82, 2.24) is 19.8 Å². The predicted octanol–water partition coefficient (Wildman–Crippen LogP) is 9.78. The lowest BCUT2D eigenvalue weighted by atomic mass is 9.80. The van der Waals surface area contributed by atoms with Crippen LogP contribution in [0.15, 0.2) is 36.4 Å². The number of benzene rings is 2. The zero-order chi connectivity index (χ0) is 40.2. The van der Waals surface area contributed by atoms with Crippen LogP contribution in [0.2, 0.25) is 16.6 Å². The number of carbonyl (C=O) groups is 1. The quantitative estimate of drug-likeness (QED) is 0.150. The molecule has 8 nitrogen and oxygen atoms in total. The summed E-state index contributed by atoms with van der Waals surface area (Å²) >= 11 is 0. The number of ether oxygens (including phenoxy) is 2. The van der Waals surface area contributed by atoms with Crippen molar-refractivity contribution < 1.29 is 14.3 Å². The first-order chi connectivity index (χ1) is 26.5. The minimum Gasteiger partial charge on any atom is -0.463 e. The lowest BCUT2D eigenvalue weighted by molar-refractivity contribution is 0.0122. The fourth-order valence-corrected chi connectivity index (χ4v) is 15.9. The number of rotatable bonds is 10. The fourth-order valence-electron chi connectivity index (χ4n) is 10.7. The van der Waals surface area contributed by atoms with Gasteiger partial charge in [-0.2, -0.15) is 9.97 Å². The first-order valence-corrected chi connectivity index (χ1v) is 23.7. The molecule has 1 saturated carbocycles. The van der Waals surface area contributed by atoms with Crippen molar-refractivity contribution in [2.45, 2.75) is 147 Å². The SMILES string of the molecule is CC(C)[Si](C#Cc1cccc2cccc(C3CCc4c(nc(OCC5(CN(C)C)CC5)nc4N4CC5CCC(C4)N5C(=O)OC(C)(C)C)C3)c12)(C(C)C)C(C)C. The van der Waals surface area contributed by atoms with Crippen LogP contribution in [0.25, 0.3) is 10.8 Å². The molecule has 2 aliphatic heterocycles. The van der Waals surface area contributed by atoms with Crippen LogP contribution in [0.5, 0.6) is 6.01 Å². The smallest absolute Gasteiger partial charge is 0.410 e. The van der Waals surface area contributed by atoms with E-state index < -0.39 is 13.7 Å². The zero-order valence-corrected chi connectivity index (χ0v) is 37.2. The minimum absolute atomic E-state index is 0.101. The van der Waals surface area contributed by atoms with Crippen molar-refractivity contribution in [2.24, 2.45) is 5.41 Å². The highest BCUT2D eigenvalue weighted by Gasteiger charge is 2.47. The molecule has 2 saturated heterocycles. The first-order valence-electron chi connectivity index (χ1n) is 21.5. The lowest BCUT2D eigenvalue weighted by Gasteiger charge is -2.42. The van der Waals surface area contributed by atoms with Crippen molar-refractivity contribution in [3.63, 3.8) is 0 Å². The molecule has 3 aromatic rings. The molecule has 56 heavy (non-hydrogen) atoms. The van der Waals surface area contributed by atoms with Gasteiger partial charge in [0.1, 0.15) is 19.5 Å². The summed E-state index contributed by atoms with van der Waals surface area (Å²) in [5.74, 6) is 5.14. The Bertz CT molecular complexity index is 1950. The molecule has 7 rings (SSSR count). The third-order valence-electron chi connectivity index (χ3n) is 13.4. The number of fused-ring (bicyclic) bond motifs is 4. The van der Waals surface area contributed by atoms with Crippen LogP contribution < -0.4 is 9.64 Å². The summed E-state index contributed by atoms with van der Waals surface area (Å²) in [6.45, 7) is 23.3. The third kappa shape index (κ3) is 8.07. The van der Waals surface area contributed by atoms with E-state index in [0.29, 0.717) is 35.2 Å². The van der Waals surface area contributed by atoms with Crippen LogP contribution in [0, 0.1) is 16.9 Å². The largest absolute Gasteiger partial charge is 0.463 e. The van der Waals surface area contributed by atoms with E-state index in [2.05, 4.69) is 113 Å². The van der Waals surface area contributed by atoms with Gasteiger partial charge in [0.05, 0.1) is 24.4 Å². The van der Waals surface area contributed by atoms with E-state index >= 15 is 0 Å². The number of carbonyl (C=O) groups excluding carboxylic acids is 1. The Hall–Kier alpha value is -3.61. The average Bonchev–Trinajstić information content (AvgIpc) is 3.83. The Morgan fingerprint density at radius 3 is 2.18 bits per heavy atom. The Kier molecular flexibility index (Phi) is 11.3. The number of amides is 1. The number of anilines is 1. The summed E-state index contributed by atoms with van der Waals surface area (Å²) in [4.78, 5) is 30.5. The van der Waals surface area contributed by atoms with Gasteiger partial charge in [0.15, 0.2) is 0 Å². The molecule has 2 aromatic carbocycles. The summed E-state index contributed by atoms with van der Waals surface area (Å²) in [6, 6.07) is 14.2. The zero-order valence-electron chi connectivity index (χ0n) is 36.2. The molecular formula is C47H67N5O3Si. The number of aromatic nitrogens is 2. The van der Waals surface area contributed by atoms with Crippen LogP contribution in [0.1, 0.15) is 123 Å². The van der Waals surface area contributed by atoms with Gasteiger partial charge in [0, 0.05) is 41.6 Å². The molecule has 3 heterocycles. The second kappa shape index (κ2) is 15.6. The monoisotopic (exact) mass is 778 g/mol. The Labute approximate surface area is 338 Å². The molecule has 9 heteroatoms. The van der Waals surface area contributed by atoms with Gasteiger partial charge in [-0.3, -0.25) is 4.90 Å². The molecule has 0 spiro atoms. The summed E-state index contributed by atoms with van der Waals surface area (Å²) in [5.41, 5.74) is 10.3. The van der Waals surface area contributed by atoms with Crippen LogP contribution in [-0.2, 0) is 17.6 Å². The normalized spacial score (nSPS) is 21.8. The van der Waals surface area contributed by atoms with Crippen molar-refractivity contribution >= 4 is 30.8 Å². The maximum atomic E-state index is 13.4. The number of hydrogen-bond acceptors (Lipinski definition) is 7. The molecule has 2 aliphatic carbocycles. The van der Waals surface area contributed by atoms with Gasteiger partial charge in [0.25, 0.3) is 0 Å². The summed E-state index contributed by atoms with van der Waals surface area (Å²) in [6.07, 6.45) is 6.85. The van der Waals surface area contributed by atoms with Crippen molar-refractivity contribution in [3.05, 3.63) is 58.8 Å². The van der Waals surface area contributed by atoms with Gasteiger partial charge >= 0.3 is 12.1 Å². The molecular weight excluding hydrogens is 711 g/mol. The summed E-state index contributed by atoms with van der Waals surface area (Å²) < 4.78 is 12.5. The van der Waals surface area contributed by atoms with Gasteiger partial charge in [0.2, 0.25) is 0 Å². The molecule has 0 N–H and O–H groups in total. The maximum absolute atomic E-state index is 13.4. The number of piperazine rings is 1. The number of nitrogens with zero attached hydrogens (tertiary/aromatic N) is 5. The molecule has 302 valence electrons. The van der Waals surface area contributed by atoms with E-state index in [9.17, 15) is 4.79 Å². The van der Waals surface area contributed by atoms with Gasteiger partial charge in [-0.05, 0) is 119 Å². The van der Waals surface area contributed by atoms with Crippen molar-refractivity contribution in [1.29, 1.82) is 0 Å². The van der Waals surface area contributed by atoms with E-state index in [0.717, 1.165) is 68.8 Å². The predicted molar refractivity (Wildman–Crippen MR) is 231 cm³/mol. The molecule has 1 aromatic heterocycles. The van der Waals surface area contributed by atoms with Crippen LogP contribution >= 0.6 is 0 Å². The topological polar surface area (TPSA) is 71.0 Å². The van der Waals surface area contributed by atoms with E-state index in [1.54, 1.807) is 0 Å². The number of hydrogen-bond donors (Lipinski definition) is 0. The standard InChI is InChI=1S/C47H67N5O3Si/c1-31(2)56(32(3)4,33(5)6)25-22-35-15-12-14-34-16-13-17-39(42(34)35)36-18-21-40-41(26-36)48-44(54-30-47(23-24-47)29-50(10)11)49-43(40)51-27-37-19-20-38(28-51)52(37)45(53)55-46(7,8)9/h12-17,31-33,36-38H,18-21,23-24,26-30H2,1-11H3. The minimum atomic E-state index is -1.91. The average molecular weight is 778 g/mol.